The highest BCUT2D eigenvalue weighted by atomic mass is 32.2. The molecule has 2 aromatic carbocycles. The van der Waals surface area contributed by atoms with Crippen molar-refractivity contribution < 1.29 is 14.4 Å². The van der Waals surface area contributed by atoms with E-state index in [2.05, 4.69) is 36.6 Å². The number of hydrogen-bond acceptors (Lipinski definition) is 5. The number of nitrogens with zero attached hydrogens (tertiary/aromatic N) is 1. The second kappa shape index (κ2) is 11.4. The molecular weight excluding hydrogens is 458 g/mol. The summed E-state index contributed by atoms with van der Waals surface area (Å²) in [5, 5.41) is 6.08. The van der Waals surface area contributed by atoms with Crippen LogP contribution in [-0.2, 0) is 19.8 Å². The third-order valence-electron chi connectivity index (χ3n) is 7.09. The summed E-state index contributed by atoms with van der Waals surface area (Å²) in [5.41, 5.74) is 2.47. The molecule has 4 rings (SSSR count). The van der Waals surface area contributed by atoms with Gasteiger partial charge in [0.2, 0.25) is 11.8 Å². The summed E-state index contributed by atoms with van der Waals surface area (Å²) in [6.07, 6.45) is 3.31. The van der Waals surface area contributed by atoms with Gasteiger partial charge in [0.05, 0.1) is 16.0 Å². The summed E-state index contributed by atoms with van der Waals surface area (Å²) in [5.74, 6) is 0.596. The number of anilines is 1. The van der Waals surface area contributed by atoms with Crippen LogP contribution >= 0.6 is 11.8 Å². The molecule has 0 bridgehead atoms. The zero-order chi connectivity index (χ0) is 24.8. The first-order valence-electron chi connectivity index (χ1n) is 12.5. The summed E-state index contributed by atoms with van der Waals surface area (Å²) in [6, 6.07) is 17.9. The minimum absolute atomic E-state index is 0.0230. The molecule has 7 heteroatoms. The Bertz CT molecular complexity index is 1030. The van der Waals surface area contributed by atoms with Gasteiger partial charge < -0.3 is 20.3 Å². The molecule has 2 N–H and O–H groups in total. The first kappa shape index (κ1) is 25.5. The van der Waals surface area contributed by atoms with Crippen molar-refractivity contribution >= 4 is 35.5 Å². The minimum Gasteiger partial charge on any atom is -0.343 e. The Kier molecular flexibility index (Phi) is 8.29. The number of aldehydes is 1. The summed E-state index contributed by atoms with van der Waals surface area (Å²) in [7, 11) is 0. The van der Waals surface area contributed by atoms with E-state index in [1.165, 1.54) is 11.8 Å². The molecule has 2 amide bonds. The number of amides is 2. The van der Waals surface area contributed by atoms with Crippen LogP contribution in [0.4, 0.5) is 5.69 Å². The fourth-order valence-corrected chi connectivity index (χ4v) is 6.17. The predicted molar refractivity (Wildman–Crippen MR) is 141 cm³/mol. The lowest BCUT2D eigenvalue weighted by atomic mass is 9.73. The Labute approximate surface area is 212 Å². The Balaban J connectivity index is 1.37. The number of hydrogen-bond donors (Lipinski definition) is 2. The Morgan fingerprint density at radius 2 is 1.80 bits per heavy atom. The fourth-order valence-electron chi connectivity index (χ4n) is 4.99. The number of fused-ring (bicyclic) bond motifs is 2. The van der Waals surface area contributed by atoms with E-state index in [0.29, 0.717) is 31.8 Å². The van der Waals surface area contributed by atoms with E-state index in [4.69, 9.17) is 0 Å². The lowest BCUT2D eigenvalue weighted by Crippen LogP contribution is -2.48. The van der Waals surface area contributed by atoms with E-state index in [9.17, 15) is 14.4 Å². The number of para-hydroxylation sites is 1. The molecule has 0 aliphatic carbocycles. The van der Waals surface area contributed by atoms with Gasteiger partial charge in [-0.2, -0.15) is 0 Å². The summed E-state index contributed by atoms with van der Waals surface area (Å²) in [6.45, 7) is 6.27. The van der Waals surface area contributed by atoms with E-state index in [1.807, 2.05) is 47.4 Å². The molecule has 35 heavy (non-hydrogen) atoms. The lowest BCUT2D eigenvalue weighted by molar-refractivity contribution is -0.135. The maximum Gasteiger partial charge on any atom is 0.235 e. The zero-order valence-electron chi connectivity index (χ0n) is 20.5. The first-order valence-corrected chi connectivity index (χ1v) is 13.4. The second-order valence-corrected chi connectivity index (χ2v) is 11.3. The molecule has 2 atom stereocenters. The largest absolute Gasteiger partial charge is 0.343 e. The molecule has 2 aliphatic heterocycles. The zero-order valence-corrected chi connectivity index (χ0v) is 21.4. The number of rotatable bonds is 10. The van der Waals surface area contributed by atoms with Crippen molar-refractivity contribution in [2.45, 2.75) is 55.6 Å². The minimum atomic E-state index is -0.551. The molecule has 6 nitrogen and oxygen atoms in total. The van der Waals surface area contributed by atoms with Crippen LogP contribution in [0.1, 0.15) is 56.0 Å². The van der Waals surface area contributed by atoms with Crippen molar-refractivity contribution in [3.63, 3.8) is 0 Å². The van der Waals surface area contributed by atoms with Gasteiger partial charge in [0.1, 0.15) is 6.29 Å². The van der Waals surface area contributed by atoms with E-state index in [0.717, 1.165) is 36.1 Å². The number of piperidine rings is 1. The quantitative estimate of drug-likeness (QED) is 0.376. The highest BCUT2D eigenvalue weighted by molar-refractivity contribution is 8.00. The molecule has 186 valence electrons. The van der Waals surface area contributed by atoms with Crippen LogP contribution < -0.4 is 10.6 Å². The summed E-state index contributed by atoms with van der Waals surface area (Å²) < 4.78 is 0. The topological polar surface area (TPSA) is 78.5 Å². The normalized spacial score (nSPS) is 18.3. The smallest absolute Gasteiger partial charge is 0.235 e. The molecule has 0 aromatic heterocycles. The molecule has 0 radical (unpaired) electrons. The first-order chi connectivity index (χ1) is 16.9. The van der Waals surface area contributed by atoms with Gasteiger partial charge in [0.15, 0.2) is 0 Å². The maximum atomic E-state index is 13.2. The van der Waals surface area contributed by atoms with Gasteiger partial charge in [-0.3, -0.25) is 9.59 Å². The van der Waals surface area contributed by atoms with Crippen LogP contribution in [0.15, 0.2) is 54.6 Å². The molecule has 2 unspecified atom stereocenters. The van der Waals surface area contributed by atoms with E-state index >= 15 is 0 Å². The average molecular weight is 494 g/mol. The molecule has 1 spiro atoms. The SMILES string of the molecule is CC(C)CCNC(SC(C=O)CC(=O)N1CCC2(CC1)C(=O)Nc1ccccc12)c1ccccc1. The third kappa shape index (κ3) is 5.78. The summed E-state index contributed by atoms with van der Waals surface area (Å²) in [4.78, 5) is 39.8. The van der Waals surface area contributed by atoms with E-state index < -0.39 is 10.7 Å². The molecule has 1 saturated heterocycles. The van der Waals surface area contributed by atoms with Crippen molar-refractivity contribution in [1.29, 1.82) is 0 Å². The van der Waals surface area contributed by atoms with Gasteiger partial charge in [-0.05, 0) is 48.9 Å². The standard InChI is InChI=1S/C28H35N3O3S/c1-20(2)12-15-29-26(21-8-4-3-5-9-21)35-22(19-32)18-25(33)31-16-13-28(14-17-31)23-10-6-7-11-24(23)30-27(28)34/h3-11,19-20,22,26,29H,12-18H2,1-2H3,(H,30,34). The van der Waals surface area contributed by atoms with Crippen LogP contribution in [0.3, 0.4) is 0 Å². The van der Waals surface area contributed by atoms with Crippen molar-refractivity contribution in [2.75, 3.05) is 25.0 Å². The molecule has 2 heterocycles. The van der Waals surface area contributed by atoms with Crippen LogP contribution in [0, 0.1) is 5.92 Å². The fraction of sp³-hybridized carbons (Fsp3) is 0.464. The monoisotopic (exact) mass is 493 g/mol. The number of carbonyl (C=O) groups excluding carboxylic acids is 3. The van der Waals surface area contributed by atoms with E-state index in [-0.39, 0.29) is 23.6 Å². The van der Waals surface area contributed by atoms with Gasteiger partial charge >= 0.3 is 0 Å². The van der Waals surface area contributed by atoms with E-state index in [1.54, 1.807) is 0 Å². The van der Waals surface area contributed by atoms with Gasteiger partial charge in [-0.1, -0.05) is 62.4 Å². The van der Waals surface area contributed by atoms with Crippen LogP contribution in [0.25, 0.3) is 0 Å². The van der Waals surface area contributed by atoms with Crippen LogP contribution in [0.2, 0.25) is 0 Å². The Morgan fingerprint density at radius 3 is 2.49 bits per heavy atom. The number of benzene rings is 2. The number of nitrogens with one attached hydrogen (secondary N) is 2. The second-order valence-electron chi connectivity index (χ2n) is 9.90. The van der Waals surface area contributed by atoms with Crippen molar-refractivity contribution in [1.82, 2.24) is 10.2 Å². The average Bonchev–Trinajstić information content (AvgIpc) is 3.14. The van der Waals surface area contributed by atoms with Gasteiger partial charge in [-0.15, -0.1) is 11.8 Å². The highest BCUT2D eigenvalue weighted by Gasteiger charge is 2.48. The van der Waals surface area contributed by atoms with Crippen molar-refractivity contribution in [3.05, 3.63) is 65.7 Å². The van der Waals surface area contributed by atoms with Crippen LogP contribution in [-0.4, -0.2) is 47.9 Å². The molecule has 2 aliphatic rings. The number of likely N-dealkylation sites (tertiary alicyclic amines) is 1. The molecule has 0 saturated carbocycles. The van der Waals surface area contributed by atoms with Gasteiger partial charge in [0, 0.05) is 25.2 Å². The predicted octanol–water partition coefficient (Wildman–Crippen LogP) is 4.52. The Morgan fingerprint density at radius 1 is 1.11 bits per heavy atom. The molecular formula is C28H35N3O3S. The summed E-state index contributed by atoms with van der Waals surface area (Å²) >= 11 is 1.51. The highest BCUT2D eigenvalue weighted by Crippen LogP contribution is 2.45. The maximum absolute atomic E-state index is 13.2. The number of carbonyl (C=O) groups is 3. The lowest BCUT2D eigenvalue weighted by Gasteiger charge is -2.38. The van der Waals surface area contributed by atoms with Crippen LogP contribution in [0.5, 0.6) is 0 Å². The molecule has 2 aromatic rings. The third-order valence-corrected chi connectivity index (χ3v) is 8.43. The number of thioether (sulfide) groups is 1. The van der Waals surface area contributed by atoms with Crippen molar-refractivity contribution in [3.8, 4) is 0 Å². The van der Waals surface area contributed by atoms with Crippen molar-refractivity contribution in [2.24, 2.45) is 5.92 Å². The Hall–Kier alpha value is -2.64. The van der Waals surface area contributed by atoms with Gasteiger partial charge in [0.25, 0.3) is 0 Å². The molecule has 1 fully saturated rings. The van der Waals surface area contributed by atoms with Gasteiger partial charge in [-0.25, -0.2) is 0 Å².